The van der Waals surface area contributed by atoms with Gasteiger partial charge in [0.15, 0.2) is 0 Å². The van der Waals surface area contributed by atoms with Crippen molar-refractivity contribution in [1.29, 1.82) is 0 Å². The summed E-state index contributed by atoms with van der Waals surface area (Å²) in [5, 5.41) is 0. The number of rotatable bonds is 4. The van der Waals surface area contributed by atoms with Crippen LogP contribution in [0.25, 0.3) is 11.1 Å². The van der Waals surface area contributed by atoms with Gasteiger partial charge in [0.05, 0.1) is 4.55 Å². The number of nitrogen functional groups attached to an aromatic ring is 1. The molecule has 1 aromatic heterocycles. The third-order valence-corrected chi connectivity index (χ3v) is 6.33. The van der Waals surface area contributed by atoms with E-state index in [2.05, 4.69) is 44.6 Å². The van der Waals surface area contributed by atoms with Crippen molar-refractivity contribution in [2.75, 3.05) is 23.4 Å². The SMILES string of the molecule is Nc1c(-c2ccnc(OC3CCN(CI)CC3)c2)ccc2c1CCC2. The van der Waals surface area contributed by atoms with Gasteiger partial charge >= 0.3 is 0 Å². The predicted octanol–water partition coefficient (Wildman–Crippen LogP) is 4.06. The van der Waals surface area contributed by atoms with E-state index in [1.165, 1.54) is 17.5 Å². The van der Waals surface area contributed by atoms with Crippen molar-refractivity contribution in [2.24, 2.45) is 0 Å². The molecule has 0 spiro atoms. The largest absolute Gasteiger partial charge is 0.474 e. The number of fused-ring (bicyclic) bond motifs is 1. The molecule has 0 amide bonds. The van der Waals surface area contributed by atoms with Crippen molar-refractivity contribution >= 4 is 28.3 Å². The average molecular weight is 449 g/mol. The quantitative estimate of drug-likeness (QED) is 0.331. The van der Waals surface area contributed by atoms with E-state index in [-0.39, 0.29) is 6.10 Å². The number of aromatic nitrogens is 1. The van der Waals surface area contributed by atoms with Gasteiger partial charge in [0.25, 0.3) is 0 Å². The molecule has 0 radical (unpaired) electrons. The topological polar surface area (TPSA) is 51.4 Å². The number of likely N-dealkylation sites (tertiary alicyclic amines) is 1. The number of hydrogen-bond donors (Lipinski definition) is 1. The third kappa shape index (κ3) is 3.62. The zero-order valence-electron chi connectivity index (χ0n) is 14.4. The van der Waals surface area contributed by atoms with Gasteiger partial charge in [-0.3, -0.25) is 4.90 Å². The van der Waals surface area contributed by atoms with E-state index in [0.29, 0.717) is 5.88 Å². The molecule has 0 unspecified atom stereocenters. The Morgan fingerprint density at radius 1 is 1.20 bits per heavy atom. The molecule has 2 aromatic rings. The van der Waals surface area contributed by atoms with Crippen molar-refractivity contribution in [1.82, 2.24) is 9.88 Å². The van der Waals surface area contributed by atoms with Crippen LogP contribution in [0.1, 0.15) is 30.4 Å². The van der Waals surface area contributed by atoms with Crippen LogP contribution in [0.5, 0.6) is 5.88 Å². The summed E-state index contributed by atoms with van der Waals surface area (Å²) in [4.78, 5) is 6.88. The van der Waals surface area contributed by atoms with Crippen molar-refractivity contribution in [3.8, 4) is 17.0 Å². The minimum absolute atomic E-state index is 0.263. The van der Waals surface area contributed by atoms with Crippen LogP contribution in [-0.2, 0) is 12.8 Å². The molecular formula is C20H24IN3O. The van der Waals surface area contributed by atoms with E-state index in [1.54, 1.807) is 0 Å². The maximum atomic E-state index is 6.46. The van der Waals surface area contributed by atoms with Gasteiger partial charge in [-0.1, -0.05) is 34.7 Å². The second-order valence-electron chi connectivity index (χ2n) is 6.96. The zero-order chi connectivity index (χ0) is 17.2. The zero-order valence-corrected chi connectivity index (χ0v) is 16.5. The summed E-state index contributed by atoms with van der Waals surface area (Å²) >= 11 is 2.42. The molecule has 25 heavy (non-hydrogen) atoms. The maximum absolute atomic E-state index is 6.46. The van der Waals surface area contributed by atoms with Gasteiger partial charge < -0.3 is 10.5 Å². The predicted molar refractivity (Wildman–Crippen MR) is 110 cm³/mol. The molecule has 4 rings (SSSR count). The van der Waals surface area contributed by atoms with Gasteiger partial charge in [0.2, 0.25) is 5.88 Å². The highest BCUT2D eigenvalue weighted by atomic mass is 127. The Morgan fingerprint density at radius 3 is 2.84 bits per heavy atom. The lowest BCUT2D eigenvalue weighted by molar-refractivity contribution is 0.108. The summed E-state index contributed by atoms with van der Waals surface area (Å²) in [5.74, 6) is 0.713. The molecule has 1 aromatic carbocycles. The van der Waals surface area contributed by atoms with Crippen LogP contribution in [0.3, 0.4) is 0 Å². The third-order valence-electron chi connectivity index (χ3n) is 5.36. The van der Waals surface area contributed by atoms with E-state index in [1.807, 2.05) is 18.3 Å². The molecule has 1 aliphatic heterocycles. The number of nitrogens with zero attached hydrogens (tertiary/aromatic N) is 2. The van der Waals surface area contributed by atoms with Crippen LogP contribution in [0.15, 0.2) is 30.5 Å². The number of benzene rings is 1. The monoisotopic (exact) mass is 449 g/mol. The Hall–Kier alpha value is -1.34. The first-order chi connectivity index (χ1) is 12.2. The molecule has 1 saturated heterocycles. The Kier molecular flexibility index (Phi) is 5.12. The molecule has 2 heterocycles. The minimum atomic E-state index is 0.263. The smallest absolute Gasteiger partial charge is 0.214 e. The summed E-state index contributed by atoms with van der Waals surface area (Å²) in [6, 6.07) is 8.45. The first-order valence-corrected chi connectivity index (χ1v) is 10.6. The fourth-order valence-electron chi connectivity index (χ4n) is 3.91. The fraction of sp³-hybridized carbons (Fsp3) is 0.450. The Morgan fingerprint density at radius 2 is 2.04 bits per heavy atom. The van der Waals surface area contributed by atoms with E-state index in [4.69, 9.17) is 10.5 Å². The van der Waals surface area contributed by atoms with Gasteiger partial charge in [-0.2, -0.15) is 0 Å². The number of halogens is 1. The summed E-state index contributed by atoms with van der Waals surface area (Å²) in [5.41, 5.74) is 12.3. The molecule has 5 heteroatoms. The van der Waals surface area contributed by atoms with Gasteiger partial charge in [0, 0.05) is 36.6 Å². The standard InChI is InChI=1S/C20H24IN3O/c21-13-24-10-7-16(8-11-24)25-19-12-15(6-9-23-19)18-5-4-14-2-1-3-17(14)20(18)22/h4-6,9,12,16H,1-3,7-8,10-11,13,22H2. The highest BCUT2D eigenvalue weighted by Crippen LogP contribution is 2.36. The number of anilines is 1. The molecule has 0 saturated carbocycles. The molecular weight excluding hydrogens is 425 g/mol. The molecule has 1 fully saturated rings. The first-order valence-electron chi connectivity index (χ1n) is 9.06. The Labute approximate surface area is 162 Å². The van der Waals surface area contributed by atoms with Gasteiger partial charge in [0.1, 0.15) is 6.10 Å². The van der Waals surface area contributed by atoms with Crippen LogP contribution in [0.4, 0.5) is 5.69 Å². The maximum Gasteiger partial charge on any atom is 0.214 e. The molecule has 2 N–H and O–H groups in total. The van der Waals surface area contributed by atoms with Gasteiger partial charge in [-0.15, -0.1) is 0 Å². The van der Waals surface area contributed by atoms with E-state index in [0.717, 1.165) is 60.1 Å². The normalized spacial score (nSPS) is 18.3. The van der Waals surface area contributed by atoms with Crippen molar-refractivity contribution in [3.63, 3.8) is 0 Å². The summed E-state index contributed by atoms with van der Waals surface area (Å²) in [7, 11) is 0. The second kappa shape index (κ2) is 7.50. The van der Waals surface area contributed by atoms with Crippen LogP contribution in [0, 0.1) is 0 Å². The van der Waals surface area contributed by atoms with Crippen molar-refractivity contribution < 1.29 is 4.74 Å². The summed E-state index contributed by atoms with van der Waals surface area (Å²) < 4.78 is 7.25. The second-order valence-corrected chi connectivity index (χ2v) is 7.64. The summed E-state index contributed by atoms with van der Waals surface area (Å²) in [6.45, 7) is 2.20. The van der Waals surface area contributed by atoms with Gasteiger partial charge in [-0.25, -0.2) is 4.98 Å². The first kappa shape index (κ1) is 17.1. The highest BCUT2D eigenvalue weighted by molar-refractivity contribution is 14.1. The molecule has 4 nitrogen and oxygen atoms in total. The average Bonchev–Trinajstić information content (AvgIpc) is 3.13. The lowest BCUT2D eigenvalue weighted by Gasteiger charge is -2.30. The number of pyridine rings is 1. The van der Waals surface area contributed by atoms with Crippen molar-refractivity contribution in [3.05, 3.63) is 41.6 Å². The Balaban J connectivity index is 1.52. The molecule has 132 valence electrons. The number of ether oxygens (including phenoxy) is 1. The molecule has 1 aliphatic carbocycles. The van der Waals surface area contributed by atoms with E-state index in [9.17, 15) is 0 Å². The fourth-order valence-corrected chi connectivity index (χ4v) is 4.59. The lowest BCUT2D eigenvalue weighted by Crippen LogP contribution is -2.37. The lowest BCUT2D eigenvalue weighted by atomic mass is 9.98. The summed E-state index contributed by atoms with van der Waals surface area (Å²) in [6.07, 6.45) is 7.69. The number of aryl methyl sites for hydroxylation is 1. The van der Waals surface area contributed by atoms with Crippen LogP contribution < -0.4 is 10.5 Å². The molecule has 0 bridgehead atoms. The minimum Gasteiger partial charge on any atom is -0.474 e. The van der Waals surface area contributed by atoms with E-state index >= 15 is 0 Å². The van der Waals surface area contributed by atoms with E-state index < -0.39 is 0 Å². The highest BCUT2D eigenvalue weighted by Gasteiger charge is 2.21. The number of piperidine rings is 1. The van der Waals surface area contributed by atoms with Crippen molar-refractivity contribution in [2.45, 2.75) is 38.2 Å². The number of alkyl halides is 1. The van der Waals surface area contributed by atoms with Crippen LogP contribution in [-0.4, -0.2) is 33.6 Å². The molecule has 2 aliphatic rings. The van der Waals surface area contributed by atoms with Gasteiger partial charge in [-0.05, 0) is 54.9 Å². The van der Waals surface area contributed by atoms with Crippen LogP contribution >= 0.6 is 22.6 Å². The number of nitrogens with two attached hydrogens (primary N) is 1. The molecule has 0 atom stereocenters. The number of hydrogen-bond acceptors (Lipinski definition) is 4. The Bertz CT molecular complexity index is 757. The van der Waals surface area contributed by atoms with Crippen LogP contribution in [0.2, 0.25) is 0 Å².